The van der Waals surface area contributed by atoms with Crippen molar-refractivity contribution in [1.82, 2.24) is 10.3 Å². The lowest BCUT2D eigenvalue weighted by atomic mass is 10.1. The number of thiazole rings is 1. The van der Waals surface area contributed by atoms with E-state index < -0.39 is 21.5 Å². The van der Waals surface area contributed by atoms with Gasteiger partial charge < -0.3 is 5.32 Å². The normalized spacial score (nSPS) is 11.5. The van der Waals surface area contributed by atoms with Crippen LogP contribution in [0.1, 0.15) is 17.0 Å². The molecular weight excluding hydrogens is 368 g/mol. The molecule has 0 bridgehead atoms. The summed E-state index contributed by atoms with van der Waals surface area (Å²) in [6.45, 7) is 0.248. The van der Waals surface area contributed by atoms with Gasteiger partial charge >= 0.3 is 0 Å². The molecular formula is C19H20N2O3S2. The molecule has 26 heavy (non-hydrogen) atoms. The number of hydrogen-bond acceptors (Lipinski definition) is 5. The second-order valence-corrected chi connectivity index (χ2v) is 9.33. The molecule has 0 fully saturated rings. The lowest BCUT2D eigenvalue weighted by Gasteiger charge is -2.05. The Morgan fingerprint density at radius 1 is 1.04 bits per heavy atom. The number of nitrogens with one attached hydrogen (secondary N) is 1. The van der Waals surface area contributed by atoms with Gasteiger partial charge in [0.05, 0.1) is 22.5 Å². The van der Waals surface area contributed by atoms with Gasteiger partial charge in [0.25, 0.3) is 0 Å². The Morgan fingerprint density at radius 2 is 1.77 bits per heavy atom. The third kappa shape index (κ3) is 5.37. The van der Waals surface area contributed by atoms with Gasteiger partial charge in [-0.05, 0) is 30.5 Å². The van der Waals surface area contributed by atoms with Crippen LogP contribution in [0.5, 0.6) is 0 Å². The van der Waals surface area contributed by atoms with E-state index in [-0.39, 0.29) is 12.3 Å². The SMILES string of the molecule is O=C(CS(=O)(=O)CCCc1ccccc1)NCc1nc2ccccc2s1. The molecule has 3 aromatic rings. The number of fused-ring (bicyclic) bond motifs is 1. The minimum Gasteiger partial charge on any atom is -0.349 e. The van der Waals surface area contributed by atoms with Crippen molar-refractivity contribution in [2.24, 2.45) is 0 Å². The number of hydrogen-bond donors (Lipinski definition) is 1. The summed E-state index contributed by atoms with van der Waals surface area (Å²) in [6, 6.07) is 17.4. The van der Waals surface area contributed by atoms with Crippen molar-refractivity contribution in [3.05, 3.63) is 65.2 Å². The molecule has 0 aliphatic rings. The molecule has 1 heterocycles. The number of aromatic nitrogens is 1. The molecule has 0 aliphatic heterocycles. The summed E-state index contributed by atoms with van der Waals surface area (Å²) in [7, 11) is -3.41. The Kier molecular flexibility index (Phi) is 6.00. The Morgan fingerprint density at radius 3 is 2.54 bits per heavy atom. The van der Waals surface area contributed by atoms with Crippen LogP contribution < -0.4 is 5.32 Å². The molecule has 0 saturated heterocycles. The van der Waals surface area contributed by atoms with Crippen LogP contribution in [0, 0.1) is 0 Å². The quantitative estimate of drug-likeness (QED) is 0.644. The second-order valence-electron chi connectivity index (χ2n) is 6.03. The molecule has 7 heteroatoms. The highest BCUT2D eigenvalue weighted by atomic mass is 32.2. The zero-order chi connectivity index (χ0) is 18.4. The first-order chi connectivity index (χ1) is 12.5. The minimum atomic E-state index is -3.41. The largest absolute Gasteiger partial charge is 0.349 e. The van der Waals surface area contributed by atoms with Crippen molar-refractivity contribution in [3.63, 3.8) is 0 Å². The number of rotatable bonds is 8. The van der Waals surface area contributed by atoms with Crippen molar-refractivity contribution in [1.29, 1.82) is 0 Å². The highest BCUT2D eigenvalue weighted by molar-refractivity contribution is 7.92. The standard InChI is InChI=1S/C19H20N2O3S2/c22-18(20-13-19-21-16-10-4-5-11-17(16)25-19)14-26(23,24)12-6-9-15-7-2-1-3-8-15/h1-5,7-8,10-11H,6,9,12-14H2,(H,20,22). The van der Waals surface area contributed by atoms with Gasteiger partial charge in [-0.25, -0.2) is 13.4 Å². The molecule has 5 nitrogen and oxygen atoms in total. The average Bonchev–Trinajstić information content (AvgIpc) is 3.03. The van der Waals surface area contributed by atoms with Crippen LogP contribution in [0.3, 0.4) is 0 Å². The van der Waals surface area contributed by atoms with Crippen molar-refractivity contribution in [3.8, 4) is 0 Å². The van der Waals surface area contributed by atoms with Gasteiger partial charge in [0.1, 0.15) is 10.8 Å². The van der Waals surface area contributed by atoms with Crippen LogP contribution in [0.4, 0.5) is 0 Å². The summed E-state index contributed by atoms with van der Waals surface area (Å²) < 4.78 is 25.3. The number of para-hydroxylation sites is 1. The minimum absolute atomic E-state index is 0.0104. The van der Waals surface area contributed by atoms with Crippen LogP contribution >= 0.6 is 11.3 Å². The Labute approximate surface area is 157 Å². The van der Waals surface area contributed by atoms with E-state index in [1.54, 1.807) is 0 Å². The van der Waals surface area contributed by atoms with Crippen molar-refractivity contribution < 1.29 is 13.2 Å². The average molecular weight is 389 g/mol. The second kappa shape index (κ2) is 8.42. The zero-order valence-electron chi connectivity index (χ0n) is 14.2. The predicted molar refractivity (Wildman–Crippen MR) is 105 cm³/mol. The first kappa shape index (κ1) is 18.5. The van der Waals surface area contributed by atoms with Crippen molar-refractivity contribution in [2.75, 3.05) is 11.5 Å². The molecule has 0 saturated carbocycles. The summed E-state index contributed by atoms with van der Waals surface area (Å²) in [5.74, 6) is -0.952. The maximum atomic E-state index is 12.1. The highest BCUT2D eigenvalue weighted by Gasteiger charge is 2.16. The molecule has 3 rings (SSSR count). The van der Waals surface area contributed by atoms with Crippen LogP contribution in [-0.4, -0.2) is 30.8 Å². The van der Waals surface area contributed by atoms with E-state index >= 15 is 0 Å². The van der Waals surface area contributed by atoms with Gasteiger partial charge in [-0.3, -0.25) is 4.79 Å². The number of nitrogens with zero attached hydrogens (tertiary/aromatic N) is 1. The summed E-state index contributed by atoms with van der Waals surface area (Å²) in [5.41, 5.74) is 1.98. The van der Waals surface area contributed by atoms with Crippen LogP contribution in [-0.2, 0) is 27.6 Å². The number of carbonyl (C=O) groups excluding carboxylic acids is 1. The number of amides is 1. The Bertz CT molecular complexity index is 949. The summed E-state index contributed by atoms with van der Waals surface area (Å²) in [6.07, 6.45) is 1.20. The maximum absolute atomic E-state index is 12.1. The summed E-state index contributed by atoms with van der Waals surface area (Å²) in [5, 5.41) is 3.42. The maximum Gasteiger partial charge on any atom is 0.235 e. The van der Waals surface area contributed by atoms with Crippen LogP contribution in [0.15, 0.2) is 54.6 Å². The third-order valence-electron chi connectivity index (χ3n) is 3.89. The summed E-state index contributed by atoms with van der Waals surface area (Å²) in [4.78, 5) is 16.4. The van der Waals surface area contributed by atoms with E-state index in [0.717, 1.165) is 20.8 Å². The van der Waals surface area contributed by atoms with Gasteiger partial charge in [0.15, 0.2) is 9.84 Å². The molecule has 2 aromatic carbocycles. The van der Waals surface area contributed by atoms with Gasteiger partial charge in [-0.2, -0.15) is 0 Å². The van der Waals surface area contributed by atoms with E-state index in [9.17, 15) is 13.2 Å². The fraction of sp³-hybridized carbons (Fsp3) is 0.263. The van der Waals surface area contributed by atoms with Crippen LogP contribution in [0.25, 0.3) is 10.2 Å². The molecule has 0 unspecified atom stereocenters. The Hall–Kier alpha value is -2.25. The smallest absolute Gasteiger partial charge is 0.235 e. The molecule has 1 amide bonds. The molecule has 1 aromatic heterocycles. The predicted octanol–water partition coefficient (Wildman–Crippen LogP) is 2.96. The Balaban J connectivity index is 1.45. The van der Waals surface area contributed by atoms with E-state index in [0.29, 0.717) is 12.8 Å². The summed E-state index contributed by atoms with van der Waals surface area (Å²) >= 11 is 1.49. The van der Waals surface area contributed by atoms with E-state index in [1.165, 1.54) is 11.3 Å². The molecule has 136 valence electrons. The van der Waals surface area contributed by atoms with Gasteiger partial charge in [0, 0.05) is 0 Å². The van der Waals surface area contributed by atoms with Crippen molar-refractivity contribution in [2.45, 2.75) is 19.4 Å². The number of benzene rings is 2. The van der Waals surface area contributed by atoms with E-state index in [4.69, 9.17) is 0 Å². The molecule has 1 N–H and O–H groups in total. The molecule has 0 aliphatic carbocycles. The van der Waals surface area contributed by atoms with E-state index in [2.05, 4.69) is 10.3 Å². The van der Waals surface area contributed by atoms with E-state index in [1.807, 2.05) is 54.6 Å². The first-order valence-electron chi connectivity index (χ1n) is 8.37. The van der Waals surface area contributed by atoms with Gasteiger partial charge in [0.2, 0.25) is 5.91 Å². The fourth-order valence-electron chi connectivity index (χ4n) is 2.63. The first-order valence-corrected chi connectivity index (χ1v) is 11.0. The lowest BCUT2D eigenvalue weighted by Crippen LogP contribution is -2.31. The molecule has 0 spiro atoms. The van der Waals surface area contributed by atoms with Gasteiger partial charge in [-0.1, -0.05) is 42.5 Å². The van der Waals surface area contributed by atoms with Gasteiger partial charge in [-0.15, -0.1) is 11.3 Å². The lowest BCUT2D eigenvalue weighted by molar-refractivity contribution is -0.118. The molecule has 0 radical (unpaired) electrons. The monoisotopic (exact) mass is 388 g/mol. The topological polar surface area (TPSA) is 76.1 Å². The fourth-order valence-corrected chi connectivity index (χ4v) is 4.77. The number of carbonyl (C=O) groups is 1. The zero-order valence-corrected chi connectivity index (χ0v) is 15.9. The van der Waals surface area contributed by atoms with Crippen molar-refractivity contribution >= 4 is 37.3 Å². The highest BCUT2D eigenvalue weighted by Crippen LogP contribution is 2.21. The third-order valence-corrected chi connectivity index (χ3v) is 6.54. The van der Waals surface area contributed by atoms with Crippen LogP contribution in [0.2, 0.25) is 0 Å². The number of sulfone groups is 1. The number of aryl methyl sites for hydroxylation is 1. The molecule has 0 atom stereocenters.